The van der Waals surface area contributed by atoms with Crippen molar-refractivity contribution in [1.29, 1.82) is 0 Å². The molecule has 1 spiro atoms. The third-order valence-corrected chi connectivity index (χ3v) is 6.21. The molecule has 0 radical (unpaired) electrons. The molecular formula is C19H27NO3. The fourth-order valence-corrected chi connectivity index (χ4v) is 4.65. The fraction of sp³-hybridized carbons (Fsp3) is 0.684. The fourth-order valence-electron chi connectivity index (χ4n) is 4.65. The van der Waals surface area contributed by atoms with Crippen LogP contribution in [0.4, 0.5) is 0 Å². The van der Waals surface area contributed by atoms with Gasteiger partial charge < -0.3 is 19.1 Å². The Morgan fingerprint density at radius 1 is 1.26 bits per heavy atom. The molecule has 1 saturated heterocycles. The van der Waals surface area contributed by atoms with Crippen LogP contribution in [0.5, 0.6) is 11.5 Å². The minimum Gasteiger partial charge on any atom is -0.493 e. The molecule has 2 saturated carbocycles. The average Bonchev–Trinajstić information content (AvgIpc) is 3.11. The standard InChI is InChI=1S/C19H27NO3/c1-20(10-11-22-17-7-4-3-6-16(17)21-2)14-18-12-15(18)13-23-19(18)8-5-9-19/h3-4,6-7,15H,5,8-14H2,1-2H3/t15-,18+/m0/s1. The molecule has 126 valence electrons. The molecule has 1 aliphatic heterocycles. The Kier molecular flexibility index (Phi) is 3.77. The molecule has 0 amide bonds. The topological polar surface area (TPSA) is 30.9 Å². The molecule has 4 heteroatoms. The average molecular weight is 317 g/mol. The maximum absolute atomic E-state index is 6.17. The van der Waals surface area contributed by atoms with Gasteiger partial charge in [-0.2, -0.15) is 0 Å². The van der Waals surface area contributed by atoms with Crippen LogP contribution in [-0.2, 0) is 4.74 Å². The third kappa shape index (κ3) is 2.43. The van der Waals surface area contributed by atoms with Crippen molar-refractivity contribution in [3.8, 4) is 11.5 Å². The maximum Gasteiger partial charge on any atom is 0.161 e. The van der Waals surface area contributed by atoms with Gasteiger partial charge in [-0.15, -0.1) is 0 Å². The Labute approximate surface area is 138 Å². The molecule has 0 aromatic heterocycles. The number of ether oxygens (including phenoxy) is 3. The van der Waals surface area contributed by atoms with E-state index in [9.17, 15) is 0 Å². The highest BCUT2D eigenvalue weighted by Gasteiger charge is 2.73. The minimum absolute atomic E-state index is 0.232. The van der Waals surface area contributed by atoms with E-state index in [1.807, 2.05) is 24.3 Å². The third-order valence-electron chi connectivity index (χ3n) is 6.21. The molecule has 4 nitrogen and oxygen atoms in total. The monoisotopic (exact) mass is 317 g/mol. The van der Waals surface area contributed by atoms with Crippen LogP contribution in [0.15, 0.2) is 24.3 Å². The van der Waals surface area contributed by atoms with Crippen molar-refractivity contribution in [3.05, 3.63) is 24.3 Å². The van der Waals surface area contributed by atoms with E-state index >= 15 is 0 Å². The first-order valence-electron chi connectivity index (χ1n) is 8.77. The second-order valence-corrected chi connectivity index (χ2v) is 7.45. The van der Waals surface area contributed by atoms with Crippen molar-refractivity contribution in [2.75, 3.05) is 40.5 Å². The molecule has 2 atom stereocenters. The van der Waals surface area contributed by atoms with Gasteiger partial charge in [-0.25, -0.2) is 0 Å². The van der Waals surface area contributed by atoms with E-state index in [1.165, 1.54) is 25.7 Å². The van der Waals surface area contributed by atoms with Crippen molar-refractivity contribution < 1.29 is 14.2 Å². The summed E-state index contributed by atoms with van der Waals surface area (Å²) in [5.74, 6) is 2.43. The predicted molar refractivity (Wildman–Crippen MR) is 89.1 cm³/mol. The van der Waals surface area contributed by atoms with E-state index in [1.54, 1.807) is 7.11 Å². The quantitative estimate of drug-likeness (QED) is 0.773. The van der Waals surface area contributed by atoms with Gasteiger partial charge in [0.2, 0.25) is 0 Å². The summed E-state index contributed by atoms with van der Waals surface area (Å²) in [5, 5.41) is 0. The molecule has 1 aromatic rings. The van der Waals surface area contributed by atoms with Gasteiger partial charge in [0.1, 0.15) is 6.61 Å². The van der Waals surface area contributed by atoms with Crippen LogP contribution in [-0.4, -0.2) is 51.0 Å². The Bertz CT molecular complexity index is 571. The molecule has 3 fully saturated rings. The van der Waals surface area contributed by atoms with Crippen LogP contribution in [0.1, 0.15) is 25.7 Å². The molecule has 0 unspecified atom stereocenters. The normalized spacial score (nSPS) is 30.1. The second-order valence-electron chi connectivity index (χ2n) is 7.45. The molecule has 1 heterocycles. The van der Waals surface area contributed by atoms with E-state index < -0.39 is 0 Å². The SMILES string of the molecule is COc1ccccc1OCCN(C)C[C@]12C[C@H]1COC21CCC1. The van der Waals surface area contributed by atoms with Gasteiger partial charge in [0, 0.05) is 18.5 Å². The maximum atomic E-state index is 6.17. The van der Waals surface area contributed by atoms with Crippen molar-refractivity contribution in [2.45, 2.75) is 31.3 Å². The van der Waals surface area contributed by atoms with E-state index in [2.05, 4.69) is 11.9 Å². The van der Waals surface area contributed by atoms with Crippen LogP contribution in [0.3, 0.4) is 0 Å². The number of hydrogen-bond acceptors (Lipinski definition) is 4. The van der Waals surface area contributed by atoms with E-state index in [0.29, 0.717) is 12.0 Å². The number of rotatable bonds is 7. The van der Waals surface area contributed by atoms with Gasteiger partial charge in [-0.05, 0) is 50.8 Å². The summed E-state index contributed by atoms with van der Waals surface area (Å²) >= 11 is 0. The first-order valence-corrected chi connectivity index (χ1v) is 8.77. The number of likely N-dealkylation sites (N-methyl/N-ethyl adjacent to an activating group) is 1. The van der Waals surface area contributed by atoms with Gasteiger partial charge in [-0.3, -0.25) is 0 Å². The zero-order valence-electron chi connectivity index (χ0n) is 14.2. The highest BCUT2D eigenvalue weighted by atomic mass is 16.5. The zero-order chi connectivity index (χ0) is 15.9. The first kappa shape index (κ1) is 15.3. The van der Waals surface area contributed by atoms with Crippen LogP contribution >= 0.6 is 0 Å². The summed E-state index contributed by atoms with van der Waals surface area (Å²) in [4.78, 5) is 2.42. The Morgan fingerprint density at radius 2 is 2.04 bits per heavy atom. The molecule has 0 bridgehead atoms. The molecule has 2 aliphatic carbocycles. The lowest BCUT2D eigenvalue weighted by Crippen LogP contribution is -2.50. The van der Waals surface area contributed by atoms with Crippen LogP contribution in [0, 0.1) is 11.3 Å². The molecule has 1 aromatic carbocycles. The lowest BCUT2D eigenvalue weighted by molar-refractivity contribution is -0.116. The van der Waals surface area contributed by atoms with E-state index in [4.69, 9.17) is 14.2 Å². The zero-order valence-corrected chi connectivity index (χ0v) is 14.2. The van der Waals surface area contributed by atoms with Gasteiger partial charge in [0.25, 0.3) is 0 Å². The smallest absolute Gasteiger partial charge is 0.161 e. The molecule has 0 N–H and O–H groups in total. The number of para-hydroxylation sites is 2. The van der Waals surface area contributed by atoms with E-state index in [-0.39, 0.29) is 5.60 Å². The summed E-state index contributed by atoms with van der Waals surface area (Å²) in [6.07, 6.45) is 5.25. The van der Waals surface area contributed by atoms with Crippen molar-refractivity contribution in [2.24, 2.45) is 11.3 Å². The molecule has 3 aliphatic rings. The van der Waals surface area contributed by atoms with Gasteiger partial charge >= 0.3 is 0 Å². The number of nitrogens with zero attached hydrogens (tertiary/aromatic N) is 1. The van der Waals surface area contributed by atoms with Gasteiger partial charge in [0.15, 0.2) is 11.5 Å². The van der Waals surface area contributed by atoms with Crippen molar-refractivity contribution >= 4 is 0 Å². The van der Waals surface area contributed by atoms with Gasteiger partial charge in [0.05, 0.1) is 19.3 Å². The molecule has 4 rings (SSSR count). The van der Waals surface area contributed by atoms with Crippen molar-refractivity contribution in [3.63, 3.8) is 0 Å². The Balaban J connectivity index is 1.29. The predicted octanol–water partition coefficient (Wildman–Crippen LogP) is 2.97. The van der Waals surface area contributed by atoms with Crippen molar-refractivity contribution in [1.82, 2.24) is 4.90 Å². The summed E-state index contributed by atoms with van der Waals surface area (Å²) in [6.45, 7) is 3.76. The van der Waals surface area contributed by atoms with Crippen LogP contribution in [0.2, 0.25) is 0 Å². The highest BCUT2D eigenvalue weighted by molar-refractivity contribution is 5.39. The first-order chi connectivity index (χ1) is 11.2. The molecular weight excluding hydrogens is 290 g/mol. The van der Waals surface area contributed by atoms with Crippen LogP contribution in [0.25, 0.3) is 0 Å². The molecule has 23 heavy (non-hydrogen) atoms. The Hall–Kier alpha value is -1.26. The minimum atomic E-state index is 0.232. The Morgan fingerprint density at radius 3 is 2.70 bits per heavy atom. The van der Waals surface area contributed by atoms with Gasteiger partial charge in [-0.1, -0.05) is 12.1 Å². The summed E-state index contributed by atoms with van der Waals surface area (Å²) in [6, 6.07) is 7.83. The number of benzene rings is 1. The lowest BCUT2D eigenvalue weighted by atomic mass is 9.68. The number of fused-ring (bicyclic) bond motifs is 2. The summed E-state index contributed by atoms with van der Waals surface area (Å²) in [7, 11) is 3.89. The second kappa shape index (κ2) is 5.67. The van der Waals surface area contributed by atoms with E-state index in [0.717, 1.165) is 37.1 Å². The number of methoxy groups -OCH3 is 1. The largest absolute Gasteiger partial charge is 0.493 e. The van der Waals surface area contributed by atoms with Crippen LogP contribution < -0.4 is 9.47 Å². The summed E-state index contributed by atoms with van der Waals surface area (Å²) in [5.41, 5.74) is 0.680. The number of hydrogen-bond donors (Lipinski definition) is 0. The summed E-state index contributed by atoms with van der Waals surface area (Å²) < 4.78 is 17.4. The lowest BCUT2D eigenvalue weighted by Gasteiger charge is -2.46. The highest BCUT2D eigenvalue weighted by Crippen LogP contribution is 2.71.